The van der Waals surface area contributed by atoms with Gasteiger partial charge in [0.05, 0.1) is 5.60 Å². The first kappa shape index (κ1) is 11.6. The Morgan fingerprint density at radius 3 is 2.42 bits per heavy atom. The maximum atomic E-state index is 9.22. The van der Waals surface area contributed by atoms with Crippen molar-refractivity contribution in [3.8, 4) is 0 Å². The molecule has 0 aromatic heterocycles. The van der Waals surface area contributed by atoms with Crippen LogP contribution in [0.15, 0.2) is 4.99 Å². The first-order valence-electron chi connectivity index (χ1n) is 3.94. The van der Waals surface area contributed by atoms with E-state index in [1.165, 1.54) is 0 Å². The lowest BCUT2D eigenvalue weighted by Crippen LogP contribution is -2.27. The lowest BCUT2D eigenvalue weighted by molar-refractivity contribution is -0.159. The quantitative estimate of drug-likeness (QED) is 0.483. The molecule has 0 heterocycles. The summed E-state index contributed by atoms with van der Waals surface area (Å²) in [7, 11) is 0. The summed E-state index contributed by atoms with van der Waals surface area (Å²) in [6, 6.07) is 0. The minimum Gasteiger partial charge on any atom is -0.350 e. The molecule has 0 aromatic carbocycles. The Morgan fingerprint density at radius 1 is 1.58 bits per heavy atom. The number of rotatable bonds is 3. The van der Waals surface area contributed by atoms with Crippen LogP contribution in [-0.4, -0.2) is 29.4 Å². The monoisotopic (exact) mass is 174 g/mol. The Morgan fingerprint density at radius 2 is 2.08 bits per heavy atom. The van der Waals surface area contributed by atoms with E-state index in [4.69, 9.17) is 10.5 Å². The third-order valence-corrected chi connectivity index (χ3v) is 1.09. The predicted molar refractivity (Wildman–Crippen MR) is 49.0 cm³/mol. The SMILES string of the molecule is CC(CN)=NC(O)OC(C)(C)C. The van der Waals surface area contributed by atoms with Crippen LogP contribution in [0.25, 0.3) is 0 Å². The molecule has 0 saturated carbocycles. The van der Waals surface area contributed by atoms with Crippen molar-refractivity contribution in [3.05, 3.63) is 0 Å². The molecule has 0 radical (unpaired) electrons. The van der Waals surface area contributed by atoms with Gasteiger partial charge in [0.2, 0.25) is 0 Å². The highest BCUT2D eigenvalue weighted by atomic mass is 16.6. The number of aliphatic hydroxyl groups excluding tert-OH is 1. The minimum atomic E-state index is -1.10. The van der Waals surface area contributed by atoms with Crippen LogP contribution in [0.1, 0.15) is 27.7 Å². The van der Waals surface area contributed by atoms with Crippen LogP contribution in [0.4, 0.5) is 0 Å². The van der Waals surface area contributed by atoms with Gasteiger partial charge in [0.1, 0.15) is 0 Å². The molecule has 0 aliphatic carbocycles. The van der Waals surface area contributed by atoms with Gasteiger partial charge in [0.15, 0.2) is 0 Å². The van der Waals surface area contributed by atoms with E-state index in [9.17, 15) is 5.11 Å². The largest absolute Gasteiger partial charge is 0.350 e. The number of hydrogen-bond donors (Lipinski definition) is 2. The molecule has 0 spiro atoms. The highest BCUT2D eigenvalue weighted by Gasteiger charge is 2.15. The Balaban J connectivity index is 3.97. The van der Waals surface area contributed by atoms with Gasteiger partial charge in [0, 0.05) is 12.3 Å². The summed E-state index contributed by atoms with van der Waals surface area (Å²) in [6.45, 7) is 7.64. The summed E-state index contributed by atoms with van der Waals surface area (Å²) in [5, 5.41) is 9.22. The number of aliphatic hydroxyl groups is 1. The molecule has 4 heteroatoms. The zero-order valence-electron chi connectivity index (χ0n) is 8.16. The zero-order chi connectivity index (χ0) is 9.78. The van der Waals surface area contributed by atoms with E-state index in [-0.39, 0.29) is 0 Å². The molecule has 0 rings (SSSR count). The third-order valence-electron chi connectivity index (χ3n) is 1.09. The normalized spacial score (nSPS) is 16.3. The Hall–Kier alpha value is -0.450. The molecule has 0 aliphatic rings. The molecule has 0 aliphatic heterocycles. The third kappa shape index (κ3) is 6.27. The van der Waals surface area contributed by atoms with Crippen LogP contribution in [0.2, 0.25) is 0 Å². The number of nitrogens with two attached hydrogens (primary N) is 1. The van der Waals surface area contributed by atoms with Crippen molar-refractivity contribution < 1.29 is 9.84 Å². The lowest BCUT2D eigenvalue weighted by Gasteiger charge is -2.21. The van der Waals surface area contributed by atoms with E-state index < -0.39 is 12.0 Å². The van der Waals surface area contributed by atoms with Gasteiger partial charge in [-0.25, -0.2) is 4.99 Å². The second kappa shape index (κ2) is 4.54. The maximum absolute atomic E-state index is 9.22. The van der Waals surface area contributed by atoms with Gasteiger partial charge in [-0.15, -0.1) is 0 Å². The summed E-state index contributed by atoms with van der Waals surface area (Å²) in [6.07, 6.45) is -1.10. The summed E-state index contributed by atoms with van der Waals surface area (Å²) < 4.78 is 5.12. The van der Waals surface area contributed by atoms with Crippen molar-refractivity contribution in [2.24, 2.45) is 10.7 Å². The van der Waals surface area contributed by atoms with Gasteiger partial charge in [-0.1, -0.05) is 0 Å². The van der Waals surface area contributed by atoms with Gasteiger partial charge >= 0.3 is 0 Å². The van der Waals surface area contributed by atoms with Gasteiger partial charge < -0.3 is 15.6 Å². The maximum Gasteiger partial charge on any atom is 0.256 e. The van der Waals surface area contributed by atoms with E-state index in [1.807, 2.05) is 20.8 Å². The van der Waals surface area contributed by atoms with Gasteiger partial charge in [-0.3, -0.25) is 0 Å². The first-order valence-corrected chi connectivity index (χ1v) is 3.94. The van der Waals surface area contributed by atoms with Crippen LogP contribution >= 0.6 is 0 Å². The Kier molecular flexibility index (Phi) is 4.37. The van der Waals surface area contributed by atoms with Crippen molar-refractivity contribution in [1.29, 1.82) is 0 Å². The minimum absolute atomic E-state index is 0.338. The average Bonchev–Trinajstić information content (AvgIpc) is 1.82. The molecule has 72 valence electrons. The molecule has 1 atom stereocenters. The van der Waals surface area contributed by atoms with Crippen molar-refractivity contribution in [3.63, 3.8) is 0 Å². The smallest absolute Gasteiger partial charge is 0.256 e. The van der Waals surface area contributed by atoms with Gasteiger partial charge in [0.25, 0.3) is 6.41 Å². The topological polar surface area (TPSA) is 67.8 Å². The van der Waals surface area contributed by atoms with Crippen LogP contribution in [0, 0.1) is 0 Å². The molecular formula is C8H18N2O2. The summed E-state index contributed by atoms with van der Waals surface area (Å²) in [4.78, 5) is 3.81. The fourth-order valence-corrected chi connectivity index (χ4v) is 0.584. The first-order chi connectivity index (χ1) is 5.35. The van der Waals surface area contributed by atoms with E-state index in [0.29, 0.717) is 12.3 Å². The van der Waals surface area contributed by atoms with Gasteiger partial charge in [-0.2, -0.15) is 0 Å². The summed E-state index contributed by atoms with van der Waals surface area (Å²) in [5.74, 6) is 0. The highest BCUT2D eigenvalue weighted by molar-refractivity contribution is 5.83. The fraction of sp³-hybridized carbons (Fsp3) is 0.875. The molecule has 0 amide bonds. The fourth-order valence-electron chi connectivity index (χ4n) is 0.584. The Labute approximate surface area is 73.4 Å². The number of ether oxygens (including phenoxy) is 1. The standard InChI is InChI=1S/C8H18N2O2/c1-6(5-9)10-7(11)12-8(2,3)4/h7,11H,5,9H2,1-4H3. The molecule has 0 fully saturated rings. The Bertz CT molecular complexity index is 161. The summed E-state index contributed by atoms with van der Waals surface area (Å²) in [5.41, 5.74) is 5.57. The van der Waals surface area contributed by atoms with Gasteiger partial charge in [-0.05, 0) is 27.7 Å². The molecule has 4 nitrogen and oxygen atoms in total. The summed E-state index contributed by atoms with van der Waals surface area (Å²) >= 11 is 0. The molecular weight excluding hydrogens is 156 g/mol. The number of hydrogen-bond acceptors (Lipinski definition) is 4. The van der Waals surface area contributed by atoms with Crippen LogP contribution in [0.5, 0.6) is 0 Å². The van der Waals surface area contributed by atoms with E-state index >= 15 is 0 Å². The molecule has 0 bridgehead atoms. The molecule has 12 heavy (non-hydrogen) atoms. The van der Waals surface area contributed by atoms with Crippen LogP contribution in [0.3, 0.4) is 0 Å². The van der Waals surface area contributed by atoms with Crippen molar-refractivity contribution >= 4 is 5.71 Å². The van der Waals surface area contributed by atoms with E-state index in [1.54, 1.807) is 6.92 Å². The lowest BCUT2D eigenvalue weighted by atomic mass is 10.2. The van der Waals surface area contributed by atoms with Crippen molar-refractivity contribution in [2.75, 3.05) is 6.54 Å². The molecule has 0 saturated heterocycles. The molecule has 0 aromatic rings. The van der Waals surface area contributed by atoms with Crippen molar-refractivity contribution in [2.45, 2.75) is 39.7 Å². The van der Waals surface area contributed by atoms with Crippen LogP contribution < -0.4 is 5.73 Å². The van der Waals surface area contributed by atoms with E-state index in [0.717, 1.165) is 0 Å². The zero-order valence-corrected chi connectivity index (χ0v) is 8.16. The van der Waals surface area contributed by atoms with Crippen LogP contribution in [-0.2, 0) is 4.74 Å². The van der Waals surface area contributed by atoms with Crippen molar-refractivity contribution in [1.82, 2.24) is 0 Å². The number of nitrogens with zero attached hydrogens (tertiary/aromatic N) is 1. The second-order valence-electron chi connectivity index (χ2n) is 3.63. The van der Waals surface area contributed by atoms with E-state index in [2.05, 4.69) is 4.99 Å². The molecule has 3 N–H and O–H groups in total. The predicted octanol–water partition coefficient (Wildman–Crippen LogP) is 0.497. The second-order valence-corrected chi connectivity index (χ2v) is 3.63. The number of aliphatic imine (C=N–C) groups is 1. The molecule has 1 unspecified atom stereocenters. The average molecular weight is 174 g/mol. The highest BCUT2D eigenvalue weighted by Crippen LogP contribution is 2.09.